The minimum Gasteiger partial charge on any atom is -0.383 e. The minimum atomic E-state index is -0.293. The highest BCUT2D eigenvalue weighted by atomic mass is 19.1. The van der Waals surface area contributed by atoms with Gasteiger partial charge in [0.05, 0.1) is 6.61 Å². The molecule has 0 aromatic heterocycles. The lowest BCUT2D eigenvalue weighted by molar-refractivity contribution is -0.128. The number of nitrogens with one attached hydrogen (secondary N) is 1. The van der Waals surface area contributed by atoms with E-state index in [0.29, 0.717) is 38.2 Å². The lowest BCUT2D eigenvalue weighted by Crippen LogP contribution is -2.32. The Labute approximate surface area is 158 Å². The Morgan fingerprint density at radius 3 is 2.74 bits per heavy atom. The normalized spacial score (nSPS) is 16.6. The van der Waals surface area contributed by atoms with E-state index in [-0.39, 0.29) is 23.5 Å². The molecule has 0 unspecified atom stereocenters. The molecule has 0 radical (unpaired) electrons. The van der Waals surface area contributed by atoms with E-state index in [1.807, 2.05) is 6.07 Å². The first-order valence-corrected chi connectivity index (χ1v) is 8.97. The lowest BCUT2D eigenvalue weighted by atomic mass is 10.0. The van der Waals surface area contributed by atoms with Gasteiger partial charge in [-0.25, -0.2) is 4.39 Å². The Kier molecular flexibility index (Phi) is 6.19. The van der Waals surface area contributed by atoms with Gasteiger partial charge in [-0.1, -0.05) is 24.3 Å². The first-order chi connectivity index (χ1) is 13.1. The SMILES string of the molecule is COCCN1C[C@H](CNC(=O)c2cccc(-c3ccc(F)cc3)c2)CC1=O. The number of ether oxygens (including phenoxy) is 1. The Bertz CT molecular complexity index is 807. The molecule has 0 saturated carbocycles. The second kappa shape index (κ2) is 8.77. The van der Waals surface area contributed by atoms with E-state index < -0.39 is 0 Å². The van der Waals surface area contributed by atoms with Crippen LogP contribution in [0.3, 0.4) is 0 Å². The van der Waals surface area contributed by atoms with Crippen LogP contribution in [0, 0.1) is 11.7 Å². The molecular weight excluding hydrogens is 347 g/mol. The van der Waals surface area contributed by atoms with Crippen LogP contribution >= 0.6 is 0 Å². The zero-order valence-corrected chi connectivity index (χ0v) is 15.3. The average Bonchev–Trinajstić information content (AvgIpc) is 3.04. The third-order valence-electron chi connectivity index (χ3n) is 4.71. The summed E-state index contributed by atoms with van der Waals surface area (Å²) < 4.78 is 18.1. The van der Waals surface area contributed by atoms with Crippen molar-refractivity contribution >= 4 is 11.8 Å². The number of carbonyl (C=O) groups is 2. The third kappa shape index (κ3) is 4.92. The molecule has 3 rings (SSSR count). The molecule has 1 saturated heterocycles. The van der Waals surface area contributed by atoms with E-state index in [1.165, 1.54) is 12.1 Å². The molecular formula is C21H23FN2O3. The van der Waals surface area contributed by atoms with E-state index >= 15 is 0 Å². The van der Waals surface area contributed by atoms with Gasteiger partial charge >= 0.3 is 0 Å². The second-order valence-electron chi connectivity index (χ2n) is 6.70. The molecule has 142 valence electrons. The number of nitrogens with zero attached hydrogens (tertiary/aromatic N) is 1. The number of benzene rings is 2. The van der Waals surface area contributed by atoms with Gasteiger partial charge in [0.1, 0.15) is 5.82 Å². The molecule has 2 aromatic carbocycles. The molecule has 0 aliphatic carbocycles. The van der Waals surface area contributed by atoms with Crippen LogP contribution in [0.5, 0.6) is 0 Å². The van der Waals surface area contributed by atoms with Crippen LogP contribution in [0.4, 0.5) is 4.39 Å². The van der Waals surface area contributed by atoms with Crippen LogP contribution in [-0.4, -0.2) is 50.1 Å². The van der Waals surface area contributed by atoms with Crippen molar-refractivity contribution < 1.29 is 18.7 Å². The van der Waals surface area contributed by atoms with Crippen LogP contribution in [0.2, 0.25) is 0 Å². The quantitative estimate of drug-likeness (QED) is 0.815. The van der Waals surface area contributed by atoms with Gasteiger partial charge in [0.2, 0.25) is 5.91 Å². The molecule has 1 heterocycles. The number of amides is 2. The standard InChI is InChI=1S/C21H23FN2O3/c1-27-10-9-24-14-15(11-20(24)25)13-23-21(26)18-4-2-3-17(12-18)16-5-7-19(22)8-6-16/h2-8,12,15H,9-11,13-14H2,1H3,(H,23,26)/t15-/m0/s1. The number of hydrogen-bond acceptors (Lipinski definition) is 3. The molecule has 2 aromatic rings. The summed E-state index contributed by atoms with van der Waals surface area (Å²) in [6, 6.07) is 13.4. The van der Waals surface area contributed by atoms with Gasteiger partial charge in [-0.2, -0.15) is 0 Å². The Morgan fingerprint density at radius 1 is 1.22 bits per heavy atom. The van der Waals surface area contributed by atoms with Crippen LogP contribution in [0.25, 0.3) is 11.1 Å². The van der Waals surface area contributed by atoms with Crippen molar-refractivity contribution in [3.8, 4) is 11.1 Å². The van der Waals surface area contributed by atoms with Crippen molar-refractivity contribution in [1.29, 1.82) is 0 Å². The molecule has 1 fully saturated rings. The van der Waals surface area contributed by atoms with Crippen LogP contribution < -0.4 is 5.32 Å². The third-order valence-corrected chi connectivity index (χ3v) is 4.71. The summed E-state index contributed by atoms with van der Waals surface area (Å²) >= 11 is 0. The van der Waals surface area contributed by atoms with E-state index in [0.717, 1.165) is 11.1 Å². The summed E-state index contributed by atoms with van der Waals surface area (Å²) in [6.45, 7) is 2.19. The summed E-state index contributed by atoms with van der Waals surface area (Å²) in [4.78, 5) is 26.2. The first-order valence-electron chi connectivity index (χ1n) is 8.97. The molecule has 2 amide bonds. The number of halogens is 1. The van der Waals surface area contributed by atoms with Crippen LogP contribution in [0.15, 0.2) is 48.5 Å². The average molecular weight is 370 g/mol. The van der Waals surface area contributed by atoms with Gasteiger partial charge < -0.3 is 15.0 Å². The molecule has 1 N–H and O–H groups in total. The van der Waals surface area contributed by atoms with Gasteiger partial charge in [0.15, 0.2) is 0 Å². The van der Waals surface area contributed by atoms with Crippen molar-refractivity contribution in [2.75, 3.05) is 33.4 Å². The summed E-state index contributed by atoms with van der Waals surface area (Å²) in [7, 11) is 1.61. The van der Waals surface area contributed by atoms with Crippen LogP contribution in [0.1, 0.15) is 16.8 Å². The Balaban J connectivity index is 1.58. The number of carbonyl (C=O) groups excluding carboxylic acids is 2. The fraction of sp³-hybridized carbons (Fsp3) is 0.333. The predicted octanol–water partition coefficient (Wildman–Crippen LogP) is 2.72. The van der Waals surface area contributed by atoms with Gasteiger partial charge in [-0.05, 0) is 35.4 Å². The molecule has 0 spiro atoms. The number of methoxy groups -OCH3 is 1. The second-order valence-corrected chi connectivity index (χ2v) is 6.70. The zero-order chi connectivity index (χ0) is 19.2. The summed E-state index contributed by atoms with van der Waals surface area (Å²) in [5.41, 5.74) is 2.24. The highest BCUT2D eigenvalue weighted by molar-refractivity contribution is 5.95. The van der Waals surface area contributed by atoms with E-state index in [4.69, 9.17) is 4.74 Å². The fourth-order valence-electron chi connectivity index (χ4n) is 3.23. The van der Waals surface area contributed by atoms with E-state index in [1.54, 1.807) is 42.3 Å². The van der Waals surface area contributed by atoms with Crippen molar-refractivity contribution in [3.05, 3.63) is 59.9 Å². The summed E-state index contributed by atoms with van der Waals surface area (Å²) in [6.07, 6.45) is 0.444. The highest BCUT2D eigenvalue weighted by Gasteiger charge is 2.29. The van der Waals surface area contributed by atoms with Crippen molar-refractivity contribution in [2.24, 2.45) is 5.92 Å². The maximum Gasteiger partial charge on any atom is 0.251 e. The molecule has 5 nitrogen and oxygen atoms in total. The zero-order valence-electron chi connectivity index (χ0n) is 15.3. The largest absolute Gasteiger partial charge is 0.383 e. The number of likely N-dealkylation sites (tertiary alicyclic amines) is 1. The smallest absolute Gasteiger partial charge is 0.251 e. The summed E-state index contributed by atoms with van der Waals surface area (Å²) in [5.74, 6) is -0.261. The van der Waals surface area contributed by atoms with Crippen molar-refractivity contribution in [2.45, 2.75) is 6.42 Å². The lowest BCUT2D eigenvalue weighted by Gasteiger charge is -2.16. The molecule has 1 aliphatic rings. The number of rotatable bonds is 7. The van der Waals surface area contributed by atoms with E-state index in [2.05, 4.69) is 5.32 Å². The van der Waals surface area contributed by atoms with Crippen LogP contribution in [-0.2, 0) is 9.53 Å². The van der Waals surface area contributed by atoms with E-state index in [9.17, 15) is 14.0 Å². The molecule has 1 atom stereocenters. The van der Waals surface area contributed by atoms with Gasteiger partial charge in [0.25, 0.3) is 5.91 Å². The monoisotopic (exact) mass is 370 g/mol. The van der Waals surface area contributed by atoms with Crippen molar-refractivity contribution in [3.63, 3.8) is 0 Å². The van der Waals surface area contributed by atoms with Gasteiger partial charge in [-0.15, -0.1) is 0 Å². The van der Waals surface area contributed by atoms with Gasteiger partial charge in [0, 0.05) is 44.6 Å². The highest BCUT2D eigenvalue weighted by Crippen LogP contribution is 2.21. The number of hydrogen-bond donors (Lipinski definition) is 1. The first kappa shape index (κ1) is 19.0. The van der Waals surface area contributed by atoms with Gasteiger partial charge in [-0.3, -0.25) is 9.59 Å². The maximum atomic E-state index is 13.1. The van der Waals surface area contributed by atoms with Crippen molar-refractivity contribution in [1.82, 2.24) is 10.2 Å². The fourth-order valence-corrected chi connectivity index (χ4v) is 3.23. The maximum absolute atomic E-state index is 13.1. The predicted molar refractivity (Wildman–Crippen MR) is 101 cm³/mol. The Hall–Kier alpha value is -2.73. The molecule has 6 heteroatoms. The molecule has 1 aliphatic heterocycles. The summed E-state index contributed by atoms with van der Waals surface area (Å²) in [5, 5.41) is 2.92. The minimum absolute atomic E-state index is 0.101. The Morgan fingerprint density at radius 2 is 2.00 bits per heavy atom. The molecule has 27 heavy (non-hydrogen) atoms. The topological polar surface area (TPSA) is 58.6 Å². The molecule has 0 bridgehead atoms.